The number of nitrogens with zero attached hydrogens (tertiary/aromatic N) is 3. The maximum atomic E-state index is 12.9. The standard InChI is InChI=1S/C17H21FN4O/c18-15-5-3-14(4-6-15)16(23)12-19-9-13-10-20-17(21-11-13)22-7-1-2-8-22/h3-6,10-11,16,19,23H,1-2,7-9,12H2. The summed E-state index contributed by atoms with van der Waals surface area (Å²) in [6.45, 7) is 3.03. The Bertz CT molecular complexity index is 611. The van der Waals surface area contributed by atoms with Gasteiger partial charge in [0.25, 0.3) is 0 Å². The molecule has 0 aliphatic carbocycles. The van der Waals surface area contributed by atoms with Crippen molar-refractivity contribution in [2.24, 2.45) is 0 Å². The molecule has 2 heterocycles. The highest BCUT2D eigenvalue weighted by atomic mass is 19.1. The molecule has 1 unspecified atom stereocenters. The van der Waals surface area contributed by atoms with Crippen LogP contribution in [-0.2, 0) is 6.54 Å². The maximum absolute atomic E-state index is 12.9. The lowest BCUT2D eigenvalue weighted by molar-refractivity contribution is 0.174. The number of aliphatic hydroxyl groups is 1. The van der Waals surface area contributed by atoms with Crippen molar-refractivity contribution in [2.45, 2.75) is 25.5 Å². The Hall–Kier alpha value is -2.05. The molecule has 5 nitrogen and oxygen atoms in total. The zero-order chi connectivity index (χ0) is 16.1. The average Bonchev–Trinajstić information content (AvgIpc) is 3.10. The van der Waals surface area contributed by atoms with Gasteiger partial charge in [-0.05, 0) is 30.5 Å². The number of aliphatic hydroxyl groups excluding tert-OH is 1. The summed E-state index contributed by atoms with van der Waals surface area (Å²) in [7, 11) is 0. The first-order valence-corrected chi connectivity index (χ1v) is 7.92. The molecular weight excluding hydrogens is 295 g/mol. The van der Waals surface area contributed by atoms with E-state index >= 15 is 0 Å². The first kappa shape index (κ1) is 15.8. The van der Waals surface area contributed by atoms with Crippen molar-refractivity contribution in [2.75, 3.05) is 24.5 Å². The van der Waals surface area contributed by atoms with Crippen molar-refractivity contribution in [3.8, 4) is 0 Å². The first-order chi connectivity index (χ1) is 11.2. The predicted molar refractivity (Wildman–Crippen MR) is 86.5 cm³/mol. The molecule has 0 bridgehead atoms. The molecule has 0 saturated carbocycles. The van der Waals surface area contributed by atoms with Crippen LogP contribution in [0, 0.1) is 5.82 Å². The summed E-state index contributed by atoms with van der Waals surface area (Å²) in [6, 6.07) is 5.89. The molecule has 1 aromatic heterocycles. The largest absolute Gasteiger partial charge is 0.387 e. The smallest absolute Gasteiger partial charge is 0.225 e. The third-order valence-corrected chi connectivity index (χ3v) is 4.00. The second-order valence-electron chi connectivity index (χ2n) is 5.78. The lowest BCUT2D eigenvalue weighted by atomic mass is 10.1. The van der Waals surface area contributed by atoms with Gasteiger partial charge in [0.2, 0.25) is 5.95 Å². The van der Waals surface area contributed by atoms with Gasteiger partial charge in [-0.1, -0.05) is 12.1 Å². The number of hydrogen-bond donors (Lipinski definition) is 2. The van der Waals surface area contributed by atoms with E-state index in [1.807, 2.05) is 12.4 Å². The molecule has 1 atom stereocenters. The van der Waals surface area contributed by atoms with E-state index in [2.05, 4.69) is 20.2 Å². The Kier molecular flexibility index (Phi) is 5.15. The van der Waals surface area contributed by atoms with Gasteiger partial charge in [0.1, 0.15) is 5.82 Å². The summed E-state index contributed by atoms with van der Waals surface area (Å²) >= 11 is 0. The van der Waals surface area contributed by atoms with Crippen LogP contribution >= 0.6 is 0 Å². The number of halogens is 1. The van der Waals surface area contributed by atoms with Crippen molar-refractivity contribution in [1.82, 2.24) is 15.3 Å². The molecular formula is C17H21FN4O. The van der Waals surface area contributed by atoms with Crippen LogP contribution < -0.4 is 10.2 Å². The number of anilines is 1. The Morgan fingerprint density at radius 2 is 1.78 bits per heavy atom. The monoisotopic (exact) mass is 316 g/mol. The van der Waals surface area contributed by atoms with Crippen molar-refractivity contribution in [1.29, 1.82) is 0 Å². The molecule has 1 aliphatic heterocycles. The molecule has 2 aromatic rings. The van der Waals surface area contributed by atoms with Gasteiger partial charge < -0.3 is 15.3 Å². The third-order valence-electron chi connectivity index (χ3n) is 4.00. The van der Waals surface area contributed by atoms with E-state index in [1.54, 1.807) is 12.1 Å². The van der Waals surface area contributed by atoms with Gasteiger partial charge in [0, 0.05) is 44.1 Å². The van der Waals surface area contributed by atoms with Crippen molar-refractivity contribution in [3.05, 3.63) is 53.6 Å². The van der Waals surface area contributed by atoms with E-state index < -0.39 is 6.10 Å². The van der Waals surface area contributed by atoms with Crippen molar-refractivity contribution in [3.63, 3.8) is 0 Å². The van der Waals surface area contributed by atoms with Crippen LogP contribution in [0.2, 0.25) is 0 Å². The number of benzene rings is 1. The maximum Gasteiger partial charge on any atom is 0.225 e. The zero-order valence-electron chi connectivity index (χ0n) is 13.0. The highest BCUT2D eigenvalue weighted by Crippen LogP contribution is 2.15. The fraction of sp³-hybridized carbons (Fsp3) is 0.412. The van der Waals surface area contributed by atoms with Crippen molar-refractivity contribution >= 4 is 5.95 Å². The molecule has 1 saturated heterocycles. The van der Waals surface area contributed by atoms with Gasteiger partial charge in [-0.15, -0.1) is 0 Å². The molecule has 0 amide bonds. The highest BCUT2D eigenvalue weighted by molar-refractivity contribution is 5.31. The molecule has 1 aliphatic rings. The Morgan fingerprint density at radius 3 is 2.43 bits per heavy atom. The quantitative estimate of drug-likeness (QED) is 0.854. The summed E-state index contributed by atoms with van der Waals surface area (Å²) < 4.78 is 12.9. The van der Waals surface area contributed by atoms with E-state index in [4.69, 9.17) is 0 Å². The van der Waals surface area contributed by atoms with Gasteiger partial charge >= 0.3 is 0 Å². The topological polar surface area (TPSA) is 61.3 Å². The molecule has 2 N–H and O–H groups in total. The summed E-state index contributed by atoms with van der Waals surface area (Å²) in [5, 5.41) is 13.2. The lowest BCUT2D eigenvalue weighted by Gasteiger charge is -2.15. The molecule has 1 aromatic carbocycles. The summed E-state index contributed by atoms with van der Waals surface area (Å²) in [4.78, 5) is 11.0. The average molecular weight is 316 g/mol. The van der Waals surface area contributed by atoms with Gasteiger partial charge in [-0.2, -0.15) is 0 Å². The van der Waals surface area contributed by atoms with Crippen LogP contribution in [0.3, 0.4) is 0 Å². The van der Waals surface area contributed by atoms with Gasteiger partial charge in [-0.25, -0.2) is 14.4 Å². The number of aromatic nitrogens is 2. The molecule has 0 radical (unpaired) electrons. The predicted octanol–water partition coefficient (Wildman–Crippen LogP) is 2.04. The molecule has 1 fully saturated rings. The number of nitrogens with one attached hydrogen (secondary N) is 1. The van der Waals surface area contributed by atoms with Crippen LogP contribution in [0.15, 0.2) is 36.7 Å². The molecule has 6 heteroatoms. The van der Waals surface area contributed by atoms with Crippen molar-refractivity contribution < 1.29 is 9.50 Å². The third kappa shape index (κ3) is 4.24. The SMILES string of the molecule is OC(CNCc1cnc(N2CCCC2)nc1)c1ccc(F)cc1. The number of rotatable bonds is 6. The van der Waals surface area contributed by atoms with E-state index in [9.17, 15) is 9.50 Å². The molecule has 0 spiro atoms. The Morgan fingerprint density at radius 1 is 1.13 bits per heavy atom. The molecule has 3 rings (SSSR count). The highest BCUT2D eigenvalue weighted by Gasteiger charge is 2.14. The summed E-state index contributed by atoms with van der Waals surface area (Å²) in [5.41, 5.74) is 1.67. The summed E-state index contributed by atoms with van der Waals surface area (Å²) in [6.07, 6.45) is 5.37. The number of hydrogen-bond acceptors (Lipinski definition) is 5. The molecule has 122 valence electrons. The lowest BCUT2D eigenvalue weighted by Crippen LogP contribution is -2.22. The minimum atomic E-state index is -0.666. The van der Waals surface area contributed by atoms with Gasteiger partial charge in [0.15, 0.2) is 0 Å². The molecule has 23 heavy (non-hydrogen) atoms. The Balaban J connectivity index is 1.47. The fourth-order valence-electron chi connectivity index (χ4n) is 2.68. The minimum absolute atomic E-state index is 0.302. The van der Waals surface area contributed by atoms with Gasteiger partial charge in [0.05, 0.1) is 6.10 Å². The zero-order valence-corrected chi connectivity index (χ0v) is 13.0. The van der Waals surface area contributed by atoms with E-state index in [-0.39, 0.29) is 5.82 Å². The minimum Gasteiger partial charge on any atom is -0.387 e. The van der Waals surface area contributed by atoms with E-state index in [1.165, 1.54) is 25.0 Å². The van der Waals surface area contributed by atoms with Crippen LogP contribution in [0.5, 0.6) is 0 Å². The van der Waals surface area contributed by atoms with Gasteiger partial charge in [-0.3, -0.25) is 0 Å². The first-order valence-electron chi connectivity index (χ1n) is 7.92. The normalized spacial score (nSPS) is 15.8. The fourth-order valence-corrected chi connectivity index (χ4v) is 2.68. The van der Waals surface area contributed by atoms with E-state index in [0.29, 0.717) is 18.7 Å². The van der Waals surface area contributed by atoms with Crippen LogP contribution in [0.1, 0.15) is 30.1 Å². The second kappa shape index (κ2) is 7.48. The van der Waals surface area contributed by atoms with Crippen LogP contribution in [0.4, 0.5) is 10.3 Å². The van der Waals surface area contributed by atoms with E-state index in [0.717, 1.165) is 24.6 Å². The van der Waals surface area contributed by atoms with Crippen LogP contribution in [-0.4, -0.2) is 34.7 Å². The van der Waals surface area contributed by atoms with Crippen LogP contribution in [0.25, 0.3) is 0 Å². The second-order valence-corrected chi connectivity index (χ2v) is 5.78. The summed E-state index contributed by atoms with van der Waals surface area (Å²) in [5.74, 6) is 0.488. The Labute approximate surface area is 135 Å².